The smallest absolute Gasteiger partial charge is 0.307 e. The van der Waals surface area contributed by atoms with Gasteiger partial charge in [0.05, 0.1) is 11.8 Å². The fourth-order valence-corrected chi connectivity index (χ4v) is 2.83. The quantitative estimate of drug-likeness (QED) is 0.690. The number of amides is 2. The van der Waals surface area contributed by atoms with Gasteiger partial charge in [-0.2, -0.15) is 0 Å². The van der Waals surface area contributed by atoms with Gasteiger partial charge in [-0.05, 0) is 43.0 Å². The lowest BCUT2D eigenvalue weighted by Gasteiger charge is -2.24. The van der Waals surface area contributed by atoms with Crippen LogP contribution in [-0.4, -0.2) is 22.9 Å². The Hall–Kier alpha value is -2.63. The first-order chi connectivity index (χ1) is 11.9. The Balaban J connectivity index is 1.96. The van der Waals surface area contributed by atoms with Crippen molar-refractivity contribution in [1.82, 2.24) is 0 Å². The van der Waals surface area contributed by atoms with Crippen molar-refractivity contribution < 1.29 is 19.5 Å². The van der Waals surface area contributed by atoms with E-state index in [0.29, 0.717) is 30.6 Å². The molecule has 0 fully saturated rings. The van der Waals surface area contributed by atoms with Crippen LogP contribution in [0.2, 0.25) is 0 Å². The van der Waals surface area contributed by atoms with Crippen molar-refractivity contribution in [1.29, 1.82) is 0 Å². The maximum atomic E-state index is 12.4. The fraction of sp³-hybridized carbons (Fsp3) is 0.421. The molecule has 2 atom stereocenters. The molecular weight excluding hydrogens is 320 g/mol. The summed E-state index contributed by atoms with van der Waals surface area (Å²) in [6.45, 7) is 3.95. The second-order valence-electron chi connectivity index (χ2n) is 6.71. The average Bonchev–Trinajstić information content (AvgIpc) is 2.55. The van der Waals surface area contributed by atoms with Gasteiger partial charge in [-0.15, -0.1) is 0 Å². The van der Waals surface area contributed by atoms with Crippen LogP contribution in [0.4, 0.5) is 11.4 Å². The van der Waals surface area contributed by atoms with Gasteiger partial charge in [0.25, 0.3) is 0 Å². The van der Waals surface area contributed by atoms with Crippen molar-refractivity contribution in [2.24, 2.45) is 17.8 Å². The molecule has 6 heteroatoms. The Kier molecular flexibility index (Phi) is 6.33. The third kappa shape index (κ3) is 5.45. The Morgan fingerprint density at radius 3 is 2.04 bits per heavy atom. The molecule has 0 spiro atoms. The predicted octanol–water partition coefficient (Wildman–Crippen LogP) is 3.28. The highest BCUT2D eigenvalue weighted by Gasteiger charge is 2.33. The summed E-state index contributed by atoms with van der Waals surface area (Å²) in [6.07, 6.45) is 4.89. The molecule has 0 unspecified atom stereocenters. The lowest BCUT2D eigenvalue weighted by atomic mass is 9.82. The molecule has 2 amide bonds. The number of hydrogen-bond donors (Lipinski definition) is 3. The molecule has 0 saturated carbocycles. The summed E-state index contributed by atoms with van der Waals surface area (Å²) in [5.74, 6) is -2.29. The van der Waals surface area contributed by atoms with Crippen molar-refractivity contribution in [3.8, 4) is 0 Å². The zero-order valence-electron chi connectivity index (χ0n) is 14.5. The van der Waals surface area contributed by atoms with Gasteiger partial charge >= 0.3 is 5.97 Å². The number of carboxylic acids is 1. The van der Waals surface area contributed by atoms with Crippen LogP contribution < -0.4 is 10.6 Å². The summed E-state index contributed by atoms with van der Waals surface area (Å²) in [7, 11) is 0. The number of allylic oxidation sites excluding steroid dienone is 2. The van der Waals surface area contributed by atoms with Crippen molar-refractivity contribution in [2.75, 3.05) is 10.6 Å². The van der Waals surface area contributed by atoms with E-state index < -0.39 is 17.8 Å². The molecule has 25 heavy (non-hydrogen) atoms. The molecular formula is C19H24N2O4. The monoisotopic (exact) mass is 344 g/mol. The minimum absolute atomic E-state index is 0.0509. The van der Waals surface area contributed by atoms with Gasteiger partial charge in [-0.25, -0.2) is 0 Å². The topological polar surface area (TPSA) is 95.5 Å². The van der Waals surface area contributed by atoms with E-state index in [9.17, 15) is 19.5 Å². The third-order valence-electron chi connectivity index (χ3n) is 4.12. The Bertz CT molecular complexity index is 665. The molecule has 0 bridgehead atoms. The van der Waals surface area contributed by atoms with Crippen molar-refractivity contribution >= 4 is 29.2 Å². The van der Waals surface area contributed by atoms with Gasteiger partial charge in [-0.1, -0.05) is 26.0 Å². The minimum Gasteiger partial charge on any atom is -0.481 e. The summed E-state index contributed by atoms with van der Waals surface area (Å²) in [6, 6.07) is 6.81. The first-order valence-corrected chi connectivity index (χ1v) is 8.45. The normalized spacial score (nSPS) is 19.5. The SMILES string of the molecule is CC(C)CC(=O)Nc1ccc(NC(=O)[C@@H]2CC=CC[C@@H]2C(=O)O)cc1. The molecule has 0 heterocycles. The van der Waals surface area contributed by atoms with Gasteiger partial charge in [-0.3, -0.25) is 14.4 Å². The van der Waals surface area contributed by atoms with Crippen LogP contribution in [0.1, 0.15) is 33.1 Å². The summed E-state index contributed by atoms with van der Waals surface area (Å²) in [5, 5.41) is 14.8. The van der Waals surface area contributed by atoms with E-state index in [1.807, 2.05) is 19.9 Å². The van der Waals surface area contributed by atoms with Gasteiger partial charge in [0.15, 0.2) is 0 Å². The Morgan fingerprint density at radius 1 is 1.00 bits per heavy atom. The Labute approximate surface area is 147 Å². The van der Waals surface area contributed by atoms with Gasteiger partial charge < -0.3 is 15.7 Å². The highest BCUT2D eigenvalue weighted by molar-refractivity contribution is 5.96. The molecule has 0 aliphatic heterocycles. The first-order valence-electron chi connectivity index (χ1n) is 8.45. The maximum absolute atomic E-state index is 12.4. The molecule has 134 valence electrons. The second kappa shape index (κ2) is 8.46. The zero-order valence-corrected chi connectivity index (χ0v) is 14.5. The molecule has 0 saturated heterocycles. The van der Waals surface area contributed by atoms with Crippen molar-refractivity contribution in [2.45, 2.75) is 33.1 Å². The van der Waals surface area contributed by atoms with E-state index in [0.717, 1.165) is 0 Å². The molecule has 1 aliphatic carbocycles. The fourth-order valence-electron chi connectivity index (χ4n) is 2.83. The molecule has 1 aromatic rings. The number of hydrogen-bond acceptors (Lipinski definition) is 3. The number of aliphatic carboxylic acids is 1. The van der Waals surface area contributed by atoms with Crippen LogP contribution in [0.5, 0.6) is 0 Å². The van der Waals surface area contributed by atoms with E-state index in [1.54, 1.807) is 30.3 Å². The Morgan fingerprint density at radius 2 is 1.52 bits per heavy atom. The molecule has 1 aromatic carbocycles. The van der Waals surface area contributed by atoms with Crippen LogP contribution >= 0.6 is 0 Å². The van der Waals surface area contributed by atoms with Crippen LogP contribution in [0.25, 0.3) is 0 Å². The van der Waals surface area contributed by atoms with Crippen molar-refractivity contribution in [3.63, 3.8) is 0 Å². The van der Waals surface area contributed by atoms with Crippen LogP contribution in [0, 0.1) is 17.8 Å². The maximum Gasteiger partial charge on any atom is 0.307 e. The van der Waals surface area contributed by atoms with E-state index in [2.05, 4.69) is 10.6 Å². The van der Waals surface area contributed by atoms with Crippen LogP contribution in [0.3, 0.4) is 0 Å². The zero-order chi connectivity index (χ0) is 18.4. The standard InChI is InChI=1S/C19H24N2O4/c1-12(2)11-17(22)20-13-7-9-14(10-8-13)21-18(23)15-5-3-4-6-16(15)19(24)25/h3-4,7-10,12,15-16H,5-6,11H2,1-2H3,(H,20,22)(H,21,23)(H,24,25)/t15-,16+/m1/s1. The van der Waals surface area contributed by atoms with E-state index in [4.69, 9.17) is 0 Å². The lowest BCUT2D eigenvalue weighted by Crippen LogP contribution is -2.34. The van der Waals surface area contributed by atoms with Gasteiger partial charge in [0.1, 0.15) is 0 Å². The highest BCUT2D eigenvalue weighted by Crippen LogP contribution is 2.27. The molecule has 0 radical (unpaired) electrons. The van der Waals surface area contributed by atoms with E-state index >= 15 is 0 Å². The third-order valence-corrected chi connectivity index (χ3v) is 4.12. The summed E-state index contributed by atoms with van der Waals surface area (Å²) in [4.78, 5) is 35.4. The number of carbonyl (C=O) groups is 3. The minimum atomic E-state index is -0.951. The van der Waals surface area contributed by atoms with E-state index in [-0.39, 0.29) is 17.7 Å². The van der Waals surface area contributed by atoms with Crippen molar-refractivity contribution in [3.05, 3.63) is 36.4 Å². The molecule has 0 aromatic heterocycles. The largest absolute Gasteiger partial charge is 0.481 e. The lowest BCUT2D eigenvalue weighted by molar-refractivity contribution is -0.146. The van der Waals surface area contributed by atoms with Crippen LogP contribution in [0.15, 0.2) is 36.4 Å². The summed E-state index contributed by atoms with van der Waals surface area (Å²) in [5.41, 5.74) is 1.23. The molecule has 6 nitrogen and oxygen atoms in total. The average molecular weight is 344 g/mol. The summed E-state index contributed by atoms with van der Waals surface area (Å²) < 4.78 is 0. The number of carbonyl (C=O) groups excluding carboxylic acids is 2. The van der Waals surface area contributed by atoms with Gasteiger partial charge in [0, 0.05) is 17.8 Å². The second-order valence-corrected chi connectivity index (χ2v) is 6.71. The number of anilines is 2. The highest BCUT2D eigenvalue weighted by atomic mass is 16.4. The molecule has 3 N–H and O–H groups in total. The molecule has 2 rings (SSSR count). The number of carboxylic acid groups (broad SMARTS) is 1. The number of rotatable bonds is 6. The molecule has 1 aliphatic rings. The van der Waals surface area contributed by atoms with Crippen LogP contribution in [-0.2, 0) is 14.4 Å². The van der Waals surface area contributed by atoms with E-state index in [1.165, 1.54) is 0 Å². The predicted molar refractivity (Wildman–Crippen MR) is 96.1 cm³/mol. The number of benzene rings is 1. The summed E-state index contributed by atoms with van der Waals surface area (Å²) >= 11 is 0. The number of nitrogens with one attached hydrogen (secondary N) is 2. The first kappa shape index (κ1) is 18.7. The van der Waals surface area contributed by atoms with Gasteiger partial charge in [0.2, 0.25) is 11.8 Å².